The number of carbonyl (C=O) groups excluding carboxylic acids is 1. The number of allylic oxidation sites excluding steroid dienone is 5. The van der Waals surface area contributed by atoms with Gasteiger partial charge in [-0.15, -0.1) is 0 Å². The number of rotatable bonds is 13. The molecule has 0 aromatic heterocycles. The highest BCUT2D eigenvalue weighted by Crippen LogP contribution is 2.30. The number of fused-ring (bicyclic) bond motifs is 1. The van der Waals surface area contributed by atoms with E-state index in [-0.39, 0.29) is 11.9 Å². The molecule has 4 rings (SSSR count). The maximum Gasteiger partial charge on any atom is 0.271 e. The number of halogens is 1. The van der Waals surface area contributed by atoms with Gasteiger partial charge in [0, 0.05) is 38.3 Å². The van der Waals surface area contributed by atoms with Crippen molar-refractivity contribution in [2.75, 3.05) is 57.9 Å². The van der Waals surface area contributed by atoms with E-state index in [0.29, 0.717) is 19.6 Å². The third kappa shape index (κ3) is 7.92. The molecule has 0 saturated carbocycles. The van der Waals surface area contributed by atoms with Crippen molar-refractivity contribution in [1.29, 1.82) is 0 Å². The smallest absolute Gasteiger partial charge is 0.271 e. The van der Waals surface area contributed by atoms with Crippen LogP contribution in [-0.4, -0.2) is 68.7 Å². The van der Waals surface area contributed by atoms with Gasteiger partial charge in [-0.1, -0.05) is 49.2 Å². The number of carbonyl (C=O) groups is 1. The van der Waals surface area contributed by atoms with Crippen LogP contribution in [-0.2, 0) is 27.1 Å². The second-order valence-electron chi connectivity index (χ2n) is 10.5. The zero-order valence-electron chi connectivity index (χ0n) is 23.7. The van der Waals surface area contributed by atoms with Crippen LogP contribution < -0.4 is 4.90 Å². The van der Waals surface area contributed by atoms with Gasteiger partial charge >= 0.3 is 0 Å². The quantitative estimate of drug-likeness (QED) is 0.216. The molecule has 1 aliphatic carbocycles. The molecule has 1 saturated heterocycles. The highest BCUT2D eigenvalue weighted by Gasteiger charge is 2.24. The highest BCUT2D eigenvalue weighted by atomic mass is 35.5. The number of anilines is 1. The molecule has 1 amide bonds. The molecular weight excluding hydrogens is 510 g/mol. The van der Waals surface area contributed by atoms with E-state index in [1.54, 1.807) is 0 Å². The zero-order chi connectivity index (χ0) is 27.6. The summed E-state index contributed by atoms with van der Waals surface area (Å²) in [5.41, 5.74) is 6.03. The average Bonchev–Trinajstić information content (AvgIpc) is 3.15. The van der Waals surface area contributed by atoms with Crippen molar-refractivity contribution in [2.45, 2.75) is 58.3 Å². The molecule has 0 atom stereocenters. The number of unbranched alkanes of at least 4 members (excludes halogenated alkanes) is 2. The number of piperazine rings is 1. The maximum absolute atomic E-state index is 12.6. The Morgan fingerprint density at radius 1 is 1.08 bits per heavy atom. The molecule has 0 spiro atoms. The SMILES string of the molecule is C=C(OC)OCCN1C(=O)CCc2ccc(CCCCCN3CCN(C4=C(Cl)C(CC)=CCC=C4)CC3)cc21. The molecule has 2 heterocycles. The lowest BCUT2D eigenvalue weighted by Gasteiger charge is -2.37. The van der Waals surface area contributed by atoms with Crippen molar-refractivity contribution in [3.8, 4) is 0 Å². The molecule has 212 valence electrons. The fourth-order valence-electron chi connectivity index (χ4n) is 5.61. The number of hydrogen-bond donors (Lipinski definition) is 0. The van der Waals surface area contributed by atoms with Crippen LogP contribution in [0.2, 0.25) is 0 Å². The van der Waals surface area contributed by atoms with Crippen LogP contribution in [0.5, 0.6) is 0 Å². The van der Waals surface area contributed by atoms with Crippen LogP contribution in [0, 0.1) is 0 Å². The van der Waals surface area contributed by atoms with E-state index in [1.807, 2.05) is 4.90 Å². The lowest BCUT2D eigenvalue weighted by atomic mass is 9.97. The first kappa shape index (κ1) is 29.3. The molecule has 1 aromatic rings. The van der Waals surface area contributed by atoms with Gasteiger partial charge in [-0.3, -0.25) is 9.69 Å². The van der Waals surface area contributed by atoms with Crippen molar-refractivity contribution in [1.82, 2.24) is 9.80 Å². The number of hydrogen-bond acceptors (Lipinski definition) is 5. The minimum Gasteiger partial charge on any atom is -0.469 e. The molecule has 0 radical (unpaired) electrons. The summed E-state index contributed by atoms with van der Waals surface area (Å²) in [4.78, 5) is 19.5. The number of aryl methyl sites for hydroxylation is 2. The van der Waals surface area contributed by atoms with E-state index in [0.717, 1.165) is 75.5 Å². The molecular formula is C32H44ClN3O3. The predicted molar refractivity (Wildman–Crippen MR) is 160 cm³/mol. The van der Waals surface area contributed by atoms with Gasteiger partial charge in [-0.25, -0.2) is 0 Å². The molecule has 3 aliphatic rings. The first-order valence-electron chi connectivity index (χ1n) is 14.5. The van der Waals surface area contributed by atoms with Crippen molar-refractivity contribution in [2.24, 2.45) is 0 Å². The van der Waals surface area contributed by atoms with Crippen LogP contribution >= 0.6 is 11.6 Å². The van der Waals surface area contributed by atoms with E-state index >= 15 is 0 Å². The third-order valence-corrected chi connectivity index (χ3v) is 8.41. The standard InChI is InChI=1S/C32H44ClN3O3/c1-4-27-11-7-8-12-29(32(27)33)35-20-18-34(19-21-35)17-9-5-6-10-26-13-14-28-15-16-31(37)36(30(28)24-26)22-23-39-25(2)38-3/h8,11-14,24H,2,4-7,9-10,15-23H2,1,3H3. The van der Waals surface area contributed by atoms with Gasteiger partial charge in [0.05, 0.1) is 24.4 Å². The van der Waals surface area contributed by atoms with E-state index in [1.165, 1.54) is 42.3 Å². The van der Waals surface area contributed by atoms with Gasteiger partial charge in [-0.2, -0.15) is 0 Å². The minimum absolute atomic E-state index is 0.155. The summed E-state index contributed by atoms with van der Waals surface area (Å²) in [6.45, 7) is 12.1. The van der Waals surface area contributed by atoms with Gasteiger partial charge in [0.1, 0.15) is 6.61 Å². The Morgan fingerprint density at radius 2 is 1.90 bits per heavy atom. The van der Waals surface area contributed by atoms with Crippen LogP contribution in [0.15, 0.2) is 65.3 Å². The summed E-state index contributed by atoms with van der Waals surface area (Å²) in [7, 11) is 1.53. The summed E-state index contributed by atoms with van der Waals surface area (Å²) >= 11 is 6.76. The molecule has 39 heavy (non-hydrogen) atoms. The predicted octanol–water partition coefficient (Wildman–Crippen LogP) is 6.18. The fourth-order valence-corrected chi connectivity index (χ4v) is 6.00. The van der Waals surface area contributed by atoms with Crippen molar-refractivity contribution < 1.29 is 14.3 Å². The van der Waals surface area contributed by atoms with Gasteiger partial charge in [0.15, 0.2) is 0 Å². The fraction of sp³-hybridized carbons (Fsp3) is 0.531. The summed E-state index contributed by atoms with van der Waals surface area (Å²) in [6, 6.07) is 6.64. The molecule has 0 bridgehead atoms. The molecule has 2 aliphatic heterocycles. The van der Waals surface area contributed by atoms with Crippen molar-refractivity contribution >= 4 is 23.2 Å². The van der Waals surface area contributed by atoms with E-state index in [2.05, 4.69) is 59.7 Å². The van der Waals surface area contributed by atoms with E-state index < -0.39 is 0 Å². The Balaban J connectivity index is 1.19. The number of amides is 1. The van der Waals surface area contributed by atoms with Gasteiger partial charge in [-0.05, 0) is 80.5 Å². The molecule has 1 fully saturated rings. The number of nitrogens with zero attached hydrogens (tertiary/aromatic N) is 3. The number of methoxy groups -OCH3 is 1. The van der Waals surface area contributed by atoms with E-state index in [4.69, 9.17) is 21.1 Å². The first-order valence-corrected chi connectivity index (χ1v) is 14.9. The van der Waals surface area contributed by atoms with E-state index in [9.17, 15) is 4.79 Å². The number of ether oxygens (including phenoxy) is 2. The topological polar surface area (TPSA) is 45.3 Å². The summed E-state index contributed by atoms with van der Waals surface area (Å²) in [6.07, 6.45) is 14.6. The van der Waals surface area contributed by atoms with Crippen molar-refractivity contribution in [3.05, 3.63) is 76.4 Å². The van der Waals surface area contributed by atoms with Crippen LogP contribution in [0.25, 0.3) is 0 Å². The molecule has 1 aromatic carbocycles. The minimum atomic E-state index is 0.155. The largest absolute Gasteiger partial charge is 0.469 e. The normalized spacial score (nSPS) is 18.1. The summed E-state index contributed by atoms with van der Waals surface area (Å²) < 4.78 is 10.4. The number of benzene rings is 1. The first-order chi connectivity index (χ1) is 19.0. The Morgan fingerprint density at radius 3 is 2.67 bits per heavy atom. The van der Waals surface area contributed by atoms with Crippen LogP contribution in [0.1, 0.15) is 56.6 Å². The highest BCUT2D eigenvalue weighted by molar-refractivity contribution is 6.32. The van der Waals surface area contributed by atoms with Gasteiger partial charge < -0.3 is 19.3 Å². The second-order valence-corrected chi connectivity index (χ2v) is 10.9. The van der Waals surface area contributed by atoms with Crippen molar-refractivity contribution in [3.63, 3.8) is 0 Å². The monoisotopic (exact) mass is 553 g/mol. The Labute approximate surface area is 239 Å². The van der Waals surface area contributed by atoms with Gasteiger partial charge in [0.25, 0.3) is 5.95 Å². The molecule has 7 heteroatoms. The Bertz CT molecular complexity index is 1100. The Hall–Kier alpha value is -2.70. The maximum atomic E-state index is 12.6. The van der Waals surface area contributed by atoms with Crippen LogP contribution in [0.3, 0.4) is 0 Å². The van der Waals surface area contributed by atoms with Gasteiger partial charge in [0.2, 0.25) is 5.91 Å². The van der Waals surface area contributed by atoms with Crippen LogP contribution in [0.4, 0.5) is 5.69 Å². The molecule has 0 unspecified atom stereocenters. The second kappa shape index (κ2) is 14.6. The average molecular weight is 554 g/mol. The molecule has 6 nitrogen and oxygen atoms in total. The zero-order valence-corrected chi connectivity index (χ0v) is 24.5. The lowest BCUT2D eigenvalue weighted by molar-refractivity contribution is -0.119. The lowest BCUT2D eigenvalue weighted by Crippen LogP contribution is -2.46. The summed E-state index contributed by atoms with van der Waals surface area (Å²) in [5, 5.41) is 0.930. The third-order valence-electron chi connectivity index (χ3n) is 7.97. The summed E-state index contributed by atoms with van der Waals surface area (Å²) in [5.74, 6) is 0.430. The molecule has 0 N–H and O–H groups in total. The Kier molecular flexibility index (Phi) is 11.0.